The van der Waals surface area contributed by atoms with E-state index in [1.54, 1.807) is 0 Å². The van der Waals surface area contributed by atoms with Gasteiger partial charge in [0.1, 0.15) is 0 Å². The molecule has 0 fully saturated rings. The van der Waals surface area contributed by atoms with E-state index in [-0.39, 0.29) is 0 Å². The summed E-state index contributed by atoms with van der Waals surface area (Å²) in [5.74, 6) is 0. The summed E-state index contributed by atoms with van der Waals surface area (Å²) in [4.78, 5) is 0. The van der Waals surface area contributed by atoms with Gasteiger partial charge >= 0.3 is 0 Å². The highest BCUT2D eigenvalue weighted by Gasteiger charge is 2.23. The zero-order chi connectivity index (χ0) is 10.9. The van der Waals surface area contributed by atoms with Crippen molar-refractivity contribution in [2.24, 2.45) is 0 Å². The van der Waals surface area contributed by atoms with E-state index in [0.717, 1.165) is 5.56 Å². The van der Waals surface area contributed by atoms with Gasteiger partial charge < -0.3 is 10.4 Å². The standard InChI is InChI=1S/C13H19NO/c1-13(15,9-14-2)12-7-6-10-4-3-5-11(10)8-12/h6-8,14-15H,3-5,9H2,1-2H3. The minimum atomic E-state index is -0.758. The Hall–Kier alpha value is -0.860. The van der Waals surface area contributed by atoms with Crippen LogP contribution in [0.1, 0.15) is 30.0 Å². The lowest BCUT2D eigenvalue weighted by molar-refractivity contribution is 0.0591. The normalized spacial score (nSPS) is 18.6. The summed E-state index contributed by atoms with van der Waals surface area (Å²) < 4.78 is 0. The van der Waals surface area contributed by atoms with Crippen molar-refractivity contribution < 1.29 is 5.11 Å². The van der Waals surface area contributed by atoms with E-state index in [1.165, 1.54) is 30.4 Å². The maximum absolute atomic E-state index is 10.3. The number of aliphatic hydroxyl groups is 1. The van der Waals surface area contributed by atoms with Gasteiger partial charge in [0.2, 0.25) is 0 Å². The van der Waals surface area contributed by atoms with Crippen molar-refractivity contribution in [1.82, 2.24) is 5.32 Å². The largest absolute Gasteiger partial charge is 0.384 e. The maximum atomic E-state index is 10.3. The highest BCUT2D eigenvalue weighted by Crippen LogP contribution is 2.27. The zero-order valence-corrected chi connectivity index (χ0v) is 9.51. The number of likely N-dealkylation sites (N-methyl/N-ethyl adjacent to an activating group) is 1. The fraction of sp³-hybridized carbons (Fsp3) is 0.538. The lowest BCUT2D eigenvalue weighted by atomic mass is 9.93. The number of fused-ring (bicyclic) bond motifs is 1. The molecule has 1 atom stereocenters. The van der Waals surface area contributed by atoms with Crippen LogP contribution >= 0.6 is 0 Å². The number of benzene rings is 1. The second-order valence-corrected chi connectivity index (χ2v) is 4.64. The van der Waals surface area contributed by atoms with Crippen molar-refractivity contribution in [3.05, 3.63) is 34.9 Å². The van der Waals surface area contributed by atoms with Gasteiger partial charge in [-0.25, -0.2) is 0 Å². The van der Waals surface area contributed by atoms with E-state index in [0.29, 0.717) is 6.54 Å². The maximum Gasteiger partial charge on any atom is 0.0992 e. The summed E-state index contributed by atoms with van der Waals surface area (Å²) in [5.41, 5.74) is 3.15. The van der Waals surface area contributed by atoms with Gasteiger partial charge in [-0.15, -0.1) is 0 Å². The molecule has 1 aliphatic rings. The average Bonchev–Trinajstić information content (AvgIpc) is 2.63. The monoisotopic (exact) mass is 205 g/mol. The minimum absolute atomic E-state index is 0.589. The van der Waals surface area contributed by atoms with Gasteiger partial charge in [-0.1, -0.05) is 18.2 Å². The smallest absolute Gasteiger partial charge is 0.0992 e. The van der Waals surface area contributed by atoms with Crippen molar-refractivity contribution in [2.75, 3.05) is 13.6 Å². The Morgan fingerprint density at radius 1 is 1.33 bits per heavy atom. The molecule has 0 heterocycles. The summed E-state index contributed by atoms with van der Waals surface area (Å²) >= 11 is 0. The molecule has 2 nitrogen and oxygen atoms in total. The summed E-state index contributed by atoms with van der Waals surface area (Å²) in [7, 11) is 1.86. The van der Waals surface area contributed by atoms with Crippen molar-refractivity contribution in [1.29, 1.82) is 0 Å². The summed E-state index contributed by atoms with van der Waals surface area (Å²) in [6, 6.07) is 6.39. The summed E-state index contributed by atoms with van der Waals surface area (Å²) in [5, 5.41) is 13.3. The quantitative estimate of drug-likeness (QED) is 0.785. The molecule has 0 amide bonds. The van der Waals surface area contributed by atoms with Crippen LogP contribution < -0.4 is 5.32 Å². The third-order valence-corrected chi connectivity index (χ3v) is 3.24. The number of hydrogen-bond acceptors (Lipinski definition) is 2. The fourth-order valence-electron chi connectivity index (χ4n) is 2.35. The van der Waals surface area contributed by atoms with Crippen molar-refractivity contribution in [3.8, 4) is 0 Å². The SMILES string of the molecule is CNCC(C)(O)c1ccc2c(c1)CCC2. The van der Waals surface area contributed by atoms with E-state index in [2.05, 4.69) is 23.5 Å². The minimum Gasteiger partial charge on any atom is -0.384 e. The predicted molar refractivity (Wildman–Crippen MR) is 62.0 cm³/mol. The number of aryl methyl sites for hydroxylation is 2. The molecule has 0 spiro atoms. The number of rotatable bonds is 3. The van der Waals surface area contributed by atoms with Crippen LogP contribution in [0, 0.1) is 0 Å². The van der Waals surface area contributed by atoms with Gasteiger partial charge in [0.05, 0.1) is 5.60 Å². The van der Waals surface area contributed by atoms with Crippen LogP contribution in [0.5, 0.6) is 0 Å². The van der Waals surface area contributed by atoms with Crippen molar-refractivity contribution in [2.45, 2.75) is 31.8 Å². The predicted octanol–water partition coefficient (Wildman–Crippen LogP) is 1.60. The van der Waals surface area contributed by atoms with Crippen LogP contribution in [0.3, 0.4) is 0 Å². The summed E-state index contributed by atoms with van der Waals surface area (Å²) in [6.07, 6.45) is 3.62. The molecule has 15 heavy (non-hydrogen) atoms. The first-order chi connectivity index (χ1) is 7.13. The van der Waals surface area contributed by atoms with Gasteiger partial charge in [-0.05, 0) is 49.9 Å². The van der Waals surface area contributed by atoms with E-state index in [4.69, 9.17) is 0 Å². The lowest BCUT2D eigenvalue weighted by Crippen LogP contribution is -2.33. The average molecular weight is 205 g/mol. The molecular formula is C13H19NO. The third kappa shape index (κ3) is 2.06. The molecule has 0 saturated carbocycles. The molecule has 0 saturated heterocycles. The van der Waals surface area contributed by atoms with Gasteiger partial charge in [-0.3, -0.25) is 0 Å². The van der Waals surface area contributed by atoms with Gasteiger partial charge in [-0.2, -0.15) is 0 Å². The van der Waals surface area contributed by atoms with Gasteiger partial charge in [0.15, 0.2) is 0 Å². The number of nitrogens with one attached hydrogen (secondary N) is 1. The molecule has 2 heteroatoms. The summed E-state index contributed by atoms with van der Waals surface area (Å²) in [6.45, 7) is 2.45. The van der Waals surface area contributed by atoms with E-state index >= 15 is 0 Å². The zero-order valence-electron chi connectivity index (χ0n) is 9.51. The Bertz CT molecular complexity index is 358. The molecule has 82 valence electrons. The molecule has 0 radical (unpaired) electrons. The van der Waals surface area contributed by atoms with Crippen LogP contribution in [-0.2, 0) is 18.4 Å². The first-order valence-electron chi connectivity index (χ1n) is 5.63. The van der Waals surface area contributed by atoms with Crippen LogP contribution in [0.4, 0.5) is 0 Å². The Labute approximate surface area is 91.3 Å². The fourth-order valence-corrected chi connectivity index (χ4v) is 2.35. The third-order valence-electron chi connectivity index (χ3n) is 3.24. The molecule has 0 aliphatic heterocycles. The van der Waals surface area contributed by atoms with Gasteiger partial charge in [0.25, 0.3) is 0 Å². The molecule has 1 aromatic rings. The van der Waals surface area contributed by atoms with E-state index in [9.17, 15) is 5.11 Å². The molecule has 2 rings (SSSR count). The molecule has 2 N–H and O–H groups in total. The van der Waals surface area contributed by atoms with Gasteiger partial charge in [0, 0.05) is 6.54 Å². The molecule has 1 aromatic carbocycles. The highest BCUT2D eigenvalue weighted by atomic mass is 16.3. The second-order valence-electron chi connectivity index (χ2n) is 4.64. The first kappa shape index (κ1) is 10.7. The molecular weight excluding hydrogens is 186 g/mol. The van der Waals surface area contributed by atoms with Crippen LogP contribution in [0.2, 0.25) is 0 Å². The topological polar surface area (TPSA) is 32.3 Å². The molecule has 0 aromatic heterocycles. The van der Waals surface area contributed by atoms with Crippen LogP contribution in [0.15, 0.2) is 18.2 Å². The Morgan fingerprint density at radius 3 is 2.80 bits per heavy atom. The molecule has 1 aliphatic carbocycles. The highest BCUT2D eigenvalue weighted by molar-refractivity contribution is 5.37. The Balaban J connectivity index is 2.29. The van der Waals surface area contributed by atoms with Crippen LogP contribution in [0.25, 0.3) is 0 Å². The number of hydrogen-bond donors (Lipinski definition) is 2. The molecule has 1 unspecified atom stereocenters. The van der Waals surface area contributed by atoms with E-state index in [1.807, 2.05) is 14.0 Å². The molecule has 0 bridgehead atoms. The first-order valence-corrected chi connectivity index (χ1v) is 5.63. The Kier molecular flexibility index (Phi) is 2.81. The van der Waals surface area contributed by atoms with E-state index < -0.39 is 5.60 Å². The van der Waals surface area contributed by atoms with Crippen molar-refractivity contribution >= 4 is 0 Å². The van der Waals surface area contributed by atoms with Crippen molar-refractivity contribution in [3.63, 3.8) is 0 Å². The Morgan fingerprint density at radius 2 is 2.07 bits per heavy atom. The lowest BCUT2D eigenvalue weighted by Gasteiger charge is -2.24. The second kappa shape index (κ2) is 3.95. The van der Waals surface area contributed by atoms with Crippen LogP contribution in [-0.4, -0.2) is 18.7 Å².